The van der Waals surface area contributed by atoms with Crippen LogP contribution in [0.15, 0.2) is 48.7 Å². The number of carbonyl (C=O) groups is 1. The van der Waals surface area contributed by atoms with Crippen molar-refractivity contribution >= 4 is 34.3 Å². The normalized spacial score (nSPS) is 16.6. The second-order valence-corrected chi connectivity index (χ2v) is 7.42. The molecule has 0 bridgehead atoms. The van der Waals surface area contributed by atoms with Crippen LogP contribution in [0.25, 0.3) is 10.9 Å². The summed E-state index contributed by atoms with van der Waals surface area (Å²) in [6, 6.07) is 13.1. The average Bonchev–Trinajstić information content (AvgIpc) is 3.15. The summed E-state index contributed by atoms with van der Waals surface area (Å²) in [4.78, 5) is 21.3. The van der Waals surface area contributed by atoms with Gasteiger partial charge in [-0.2, -0.15) is 11.8 Å². The van der Waals surface area contributed by atoms with E-state index < -0.39 is 0 Å². The monoisotopic (exact) mass is 365 g/mol. The van der Waals surface area contributed by atoms with Crippen molar-refractivity contribution in [1.29, 1.82) is 0 Å². The van der Waals surface area contributed by atoms with Crippen LogP contribution in [0.4, 0.5) is 5.69 Å². The largest absolute Gasteiger partial charge is 0.473 e. The van der Waals surface area contributed by atoms with Crippen molar-refractivity contribution < 1.29 is 9.53 Å². The number of anilines is 1. The summed E-state index contributed by atoms with van der Waals surface area (Å²) in [5, 5.41) is 3.87. The van der Waals surface area contributed by atoms with Gasteiger partial charge < -0.3 is 10.1 Å². The number of nitrogens with zero attached hydrogens (tertiary/aromatic N) is 2. The van der Waals surface area contributed by atoms with E-state index in [1.165, 1.54) is 0 Å². The van der Waals surface area contributed by atoms with Gasteiger partial charge in [0.05, 0.1) is 16.8 Å². The zero-order valence-corrected chi connectivity index (χ0v) is 15.3. The molecule has 1 fully saturated rings. The predicted octanol–water partition coefficient (Wildman–Crippen LogP) is 4.07. The highest BCUT2D eigenvalue weighted by molar-refractivity contribution is 7.99. The van der Waals surface area contributed by atoms with E-state index in [1.807, 2.05) is 49.0 Å². The highest BCUT2D eigenvalue weighted by Gasteiger charge is 2.17. The van der Waals surface area contributed by atoms with Crippen LogP contribution in [0, 0.1) is 6.92 Å². The first-order chi connectivity index (χ1) is 12.7. The third-order valence-corrected chi connectivity index (χ3v) is 5.43. The molecule has 1 atom stereocenters. The molecule has 4 rings (SSSR count). The summed E-state index contributed by atoms with van der Waals surface area (Å²) in [5.41, 5.74) is 3.04. The van der Waals surface area contributed by atoms with Crippen LogP contribution in [0.3, 0.4) is 0 Å². The zero-order chi connectivity index (χ0) is 17.9. The molecule has 26 heavy (non-hydrogen) atoms. The van der Waals surface area contributed by atoms with E-state index >= 15 is 0 Å². The lowest BCUT2D eigenvalue weighted by molar-refractivity contribution is 0.102. The van der Waals surface area contributed by atoms with Crippen molar-refractivity contribution in [3.05, 3.63) is 59.9 Å². The number of carbonyl (C=O) groups excluding carboxylic acids is 1. The molecule has 6 heteroatoms. The van der Waals surface area contributed by atoms with Gasteiger partial charge in [-0.3, -0.25) is 9.78 Å². The van der Waals surface area contributed by atoms with Gasteiger partial charge in [0, 0.05) is 29.1 Å². The number of aromatic nitrogens is 2. The van der Waals surface area contributed by atoms with Crippen LogP contribution in [-0.2, 0) is 0 Å². The molecule has 0 radical (unpaired) electrons. The number of ether oxygens (including phenoxy) is 1. The Morgan fingerprint density at radius 3 is 2.92 bits per heavy atom. The Kier molecular flexibility index (Phi) is 4.75. The highest BCUT2D eigenvalue weighted by atomic mass is 32.2. The lowest BCUT2D eigenvalue weighted by Crippen LogP contribution is -2.16. The number of pyridine rings is 2. The average molecular weight is 365 g/mol. The highest BCUT2D eigenvalue weighted by Crippen LogP contribution is 2.24. The van der Waals surface area contributed by atoms with Gasteiger partial charge in [-0.05, 0) is 49.4 Å². The van der Waals surface area contributed by atoms with Gasteiger partial charge >= 0.3 is 0 Å². The number of rotatable bonds is 4. The predicted molar refractivity (Wildman–Crippen MR) is 105 cm³/mol. The number of nitrogens with one attached hydrogen (secondary N) is 1. The molecule has 3 heterocycles. The first-order valence-corrected chi connectivity index (χ1v) is 9.73. The van der Waals surface area contributed by atoms with E-state index in [1.54, 1.807) is 18.3 Å². The Morgan fingerprint density at radius 2 is 2.15 bits per heavy atom. The molecule has 1 aromatic carbocycles. The third kappa shape index (κ3) is 3.65. The van der Waals surface area contributed by atoms with Crippen molar-refractivity contribution in [3.8, 4) is 5.88 Å². The smallest absolute Gasteiger partial charge is 0.257 e. The summed E-state index contributed by atoms with van der Waals surface area (Å²) < 4.78 is 5.83. The molecule has 0 aliphatic carbocycles. The van der Waals surface area contributed by atoms with E-state index in [-0.39, 0.29) is 12.0 Å². The number of aryl methyl sites for hydroxylation is 1. The fraction of sp³-hybridized carbons (Fsp3) is 0.250. The molecular formula is C20H19N3O2S. The van der Waals surface area contributed by atoms with Crippen LogP contribution in [0.1, 0.15) is 22.5 Å². The van der Waals surface area contributed by atoms with Crippen LogP contribution < -0.4 is 10.1 Å². The molecule has 1 amide bonds. The molecular weight excluding hydrogens is 346 g/mol. The quantitative estimate of drug-likeness (QED) is 0.755. The van der Waals surface area contributed by atoms with Gasteiger partial charge in [-0.25, -0.2) is 4.98 Å². The lowest BCUT2D eigenvalue weighted by atomic mass is 10.1. The number of amides is 1. The lowest BCUT2D eigenvalue weighted by Gasteiger charge is -2.12. The fourth-order valence-corrected chi connectivity index (χ4v) is 4.02. The molecule has 1 aliphatic rings. The van der Waals surface area contributed by atoms with Gasteiger partial charge in [-0.1, -0.05) is 6.07 Å². The Labute approximate surface area is 156 Å². The number of fused-ring (bicyclic) bond motifs is 1. The molecule has 1 saturated heterocycles. The van der Waals surface area contributed by atoms with Crippen LogP contribution in [0.2, 0.25) is 0 Å². The van der Waals surface area contributed by atoms with Crippen molar-refractivity contribution in [2.45, 2.75) is 19.4 Å². The molecule has 3 aromatic rings. The second kappa shape index (κ2) is 7.33. The van der Waals surface area contributed by atoms with Crippen molar-refractivity contribution in [1.82, 2.24) is 9.97 Å². The third-order valence-electron chi connectivity index (χ3n) is 4.29. The fourth-order valence-electron chi connectivity index (χ4n) is 2.92. The summed E-state index contributed by atoms with van der Waals surface area (Å²) in [6.07, 6.45) is 2.82. The molecule has 2 aromatic heterocycles. The van der Waals surface area contributed by atoms with Crippen LogP contribution in [0.5, 0.6) is 5.88 Å². The minimum Gasteiger partial charge on any atom is -0.473 e. The van der Waals surface area contributed by atoms with Gasteiger partial charge in [0.1, 0.15) is 6.10 Å². The van der Waals surface area contributed by atoms with E-state index in [4.69, 9.17) is 4.74 Å². The molecule has 132 valence electrons. The summed E-state index contributed by atoms with van der Waals surface area (Å²) in [6.45, 7) is 1.95. The van der Waals surface area contributed by atoms with E-state index in [0.717, 1.165) is 40.2 Å². The van der Waals surface area contributed by atoms with Crippen molar-refractivity contribution in [2.75, 3.05) is 16.8 Å². The summed E-state index contributed by atoms with van der Waals surface area (Å²) >= 11 is 1.89. The molecule has 1 aliphatic heterocycles. The van der Waals surface area contributed by atoms with Gasteiger partial charge in [0.25, 0.3) is 5.91 Å². The zero-order valence-electron chi connectivity index (χ0n) is 14.4. The number of hydrogen-bond donors (Lipinski definition) is 1. The van der Waals surface area contributed by atoms with Crippen molar-refractivity contribution in [2.24, 2.45) is 0 Å². The van der Waals surface area contributed by atoms with Gasteiger partial charge in [-0.15, -0.1) is 0 Å². The molecule has 0 saturated carbocycles. The van der Waals surface area contributed by atoms with E-state index in [0.29, 0.717) is 11.4 Å². The Bertz CT molecular complexity index is 937. The topological polar surface area (TPSA) is 64.1 Å². The van der Waals surface area contributed by atoms with E-state index in [2.05, 4.69) is 15.3 Å². The summed E-state index contributed by atoms with van der Waals surface area (Å²) in [7, 11) is 0. The number of hydrogen-bond acceptors (Lipinski definition) is 5. The second-order valence-electron chi connectivity index (χ2n) is 6.27. The molecule has 0 spiro atoms. The Hall–Kier alpha value is -2.60. The number of thioether (sulfide) groups is 1. The standard InChI is InChI=1S/C20H19N3O2S/c1-13-5-7-16-17(22-13)3-2-4-18(16)23-20(24)14-6-8-19(21-11-14)25-15-9-10-26-12-15/h2-8,11,15H,9-10,12H2,1H3,(H,23,24). The van der Waals surface area contributed by atoms with Crippen LogP contribution >= 0.6 is 11.8 Å². The summed E-state index contributed by atoms with van der Waals surface area (Å²) in [5.74, 6) is 2.50. The maximum atomic E-state index is 12.6. The van der Waals surface area contributed by atoms with Gasteiger partial charge in [0.15, 0.2) is 0 Å². The SMILES string of the molecule is Cc1ccc2c(NC(=O)c3ccc(OC4CCSC4)nc3)cccc2n1. The Morgan fingerprint density at radius 1 is 1.23 bits per heavy atom. The van der Waals surface area contributed by atoms with Gasteiger partial charge in [0.2, 0.25) is 5.88 Å². The molecule has 1 N–H and O–H groups in total. The first kappa shape index (κ1) is 16.8. The van der Waals surface area contributed by atoms with Crippen LogP contribution in [-0.4, -0.2) is 33.5 Å². The molecule has 5 nitrogen and oxygen atoms in total. The molecule has 1 unspecified atom stereocenters. The maximum absolute atomic E-state index is 12.6. The van der Waals surface area contributed by atoms with E-state index in [9.17, 15) is 4.79 Å². The minimum atomic E-state index is -0.200. The maximum Gasteiger partial charge on any atom is 0.257 e. The number of benzene rings is 1. The van der Waals surface area contributed by atoms with Crippen molar-refractivity contribution in [3.63, 3.8) is 0 Å². The Balaban J connectivity index is 1.49. The first-order valence-electron chi connectivity index (χ1n) is 8.57. The minimum absolute atomic E-state index is 0.200.